The molecule has 21 heavy (non-hydrogen) atoms. The molecule has 0 fully saturated rings. The number of unbranched alkanes of at least 4 members (excludes halogenated alkanes) is 9. The number of hydrogen-bond acceptors (Lipinski definition) is 1. The number of rotatable bonds is 15. The van der Waals surface area contributed by atoms with Crippen LogP contribution < -0.4 is 0 Å². The van der Waals surface area contributed by atoms with Gasteiger partial charge in [-0.2, -0.15) is 0 Å². The van der Waals surface area contributed by atoms with Crippen LogP contribution in [0.2, 0.25) is 0 Å². The highest BCUT2D eigenvalue weighted by Gasteiger charge is 1.96. The maximum atomic E-state index is 11.6. The van der Waals surface area contributed by atoms with Crippen molar-refractivity contribution in [2.45, 2.75) is 97.3 Å². The second kappa shape index (κ2) is 17.2. The molecular weight excluding hydrogens is 256 g/mol. The molecule has 0 amide bonds. The van der Waals surface area contributed by atoms with E-state index in [1.165, 1.54) is 64.2 Å². The van der Waals surface area contributed by atoms with E-state index in [-0.39, 0.29) is 0 Å². The molecule has 122 valence electrons. The SMILES string of the molecule is CCCCC/C=C\C/C=C\C(=O)CCCCCCCCC. The number of hydrogen-bond donors (Lipinski definition) is 0. The summed E-state index contributed by atoms with van der Waals surface area (Å²) in [4.78, 5) is 11.6. The molecule has 0 saturated carbocycles. The summed E-state index contributed by atoms with van der Waals surface area (Å²) in [7, 11) is 0. The van der Waals surface area contributed by atoms with E-state index in [2.05, 4.69) is 26.0 Å². The van der Waals surface area contributed by atoms with Gasteiger partial charge in [-0.05, 0) is 31.8 Å². The van der Waals surface area contributed by atoms with E-state index in [1.54, 1.807) is 6.08 Å². The third kappa shape index (κ3) is 17.1. The Morgan fingerprint density at radius 1 is 0.714 bits per heavy atom. The van der Waals surface area contributed by atoms with Crippen molar-refractivity contribution in [2.75, 3.05) is 0 Å². The molecule has 0 saturated heterocycles. The zero-order valence-electron chi connectivity index (χ0n) is 14.4. The van der Waals surface area contributed by atoms with E-state index in [1.807, 2.05) is 6.08 Å². The molecule has 0 unspecified atom stereocenters. The molecule has 1 nitrogen and oxygen atoms in total. The molecule has 0 aliphatic carbocycles. The first-order chi connectivity index (χ1) is 10.3. The minimum atomic E-state index is 0.294. The number of allylic oxidation sites excluding steroid dienone is 4. The smallest absolute Gasteiger partial charge is 0.155 e. The van der Waals surface area contributed by atoms with Gasteiger partial charge >= 0.3 is 0 Å². The van der Waals surface area contributed by atoms with Crippen LogP contribution in [0.1, 0.15) is 97.3 Å². The van der Waals surface area contributed by atoms with Crippen molar-refractivity contribution < 1.29 is 4.79 Å². The minimum Gasteiger partial charge on any atom is -0.295 e. The molecule has 0 aliphatic rings. The Kier molecular flexibility index (Phi) is 16.5. The Hall–Kier alpha value is -0.850. The topological polar surface area (TPSA) is 17.1 Å². The normalized spacial score (nSPS) is 11.7. The van der Waals surface area contributed by atoms with E-state index in [9.17, 15) is 4.79 Å². The summed E-state index contributed by atoms with van der Waals surface area (Å²) < 4.78 is 0. The fraction of sp³-hybridized carbons (Fsp3) is 0.750. The van der Waals surface area contributed by atoms with Gasteiger partial charge in [0.25, 0.3) is 0 Å². The van der Waals surface area contributed by atoms with Crippen LogP contribution in [0.5, 0.6) is 0 Å². The highest BCUT2D eigenvalue weighted by atomic mass is 16.1. The van der Waals surface area contributed by atoms with Crippen LogP contribution in [0.3, 0.4) is 0 Å². The monoisotopic (exact) mass is 292 g/mol. The lowest BCUT2D eigenvalue weighted by Crippen LogP contribution is -1.92. The van der Waals surface area contributed by atoms with Crippen molar-refractivity contribution in [3.05, 3.63) is 24.3 Å². The zero-order valence-corrected chi connectivity index (χ0v) is 14.4. The van der Waals surface area contributed by atoms with Crippen LogP contribution in [-0.2, 0) is 4.79 Å². The summed E-state index contributed by atoms with van der Waals surface area (Å²) in [5, 5.41) is 0. The quantitative estimate of drug-likeness (QED) is 0.185. The Morgan fingerprint density at radius 2 is 1.33 bits per heavy atom. The lowest BCUT2D eigenvalue weighted by atomic mass is 10.1. The van der Waals surface area contributed by atoms with Crippen LogP contribution in [0.15, 0.2) is 24.3 Å². The molecule has 0 rings (SSSR count). The first-order valence-corrected chi connectivity index (χ1v) is 9.15. The fourth-order valence-corrected chi connectivity index (χ4v) is 2.34. The Morgan fingerprint density at radius 3 is 2.05 bits per heavy atom. The van der Waals surface area contributed by atoms with Crippen LogP contribution >= 0.6 is 0 Å². The van der Waals surface area contributed by atoms with E-state index >= 15 is 0 Å². The lowest BCUT2D eigenvalue weighted by Gasteiger charge is -1.99. The predicted octanol–water partition coefficient (Wildman–Crippen LogP) is 6.78. The minimum absolute atomic E-state index is 0.294. The molecule has 0 spiro atoms. The summed E-state index contributed by atoms with van der Waals surface area (Å²) in [6, 6.07) is 0. The third-order valence-electron chi connectivity index (χ3n) is 3.74. The van der Waals surface area contributed by atoms with Crippen LogP contribution in [0.4, 0.5) is 0 Å². The molecule has 0 bridgehead atoms. The summed E-state index contributed by atoms with van der Waals surface area (Å²) in [5.74, 6) is 0.294. The molecule has 0 aromatic heterocycles. The van der Waals surface area contributed by atoms with Gasteiger partial charge in [-0.15, -0.1) is 0 Å². The maximum absolute atomic E-state index is 11.6. The summed E-state index contributed by atoms with van der Waals surface area (Å²) in [6.07, 6.45) is 23.8. The van der Waals surface area contributed by atoms with E-state index in [4.69, 9.17) is 0 Å². The van der Waals surface area contributed by atoms with E-state index < -0.39 is 0 Å². The molecule has 0 aliphatic heterocycles. The van der Waals surface area contributed by atoms with Crippen LogP contribution in [-0.4, -0.2) is 5.78 Å². The number of carbonyl (C=O) groups is 1. The number of ketones is 1. The van der Waals surface area contributed by atoms with E-state index in [0.29, 0.717) is 5.78 Å². The Balaban J connectivity index is 3.37. The van der Waals surface area contributed by atoms with Crippen LogP contribution in [0, 0.1) is 0 Å². The van der Waals surface area contributed by atoms with Crippen LogP contribution in [0.25, 0.3) is 0 Å². The molecule has 0 atom stereocenters. The van der Waals surface area contributed by atoms with Gasteiger partial charge in [-0.3, -0.25) is 4.79 Å². The maximum Gasteiger partial charge on any atom is 0.155 e. The molecule has 1 heteroatoms. The Bertz CT molecular complexity index is 276. The van der Waals surface area contributed by atoms with Crippen molar-refractivity contribution in [3.8, 4) is 0 Å². The highest BCUT2D eigenvalue weighted by Crippen LogP contribution is 2.08. The average Bonchev–Trinajstić information content (AvgIpc) is 2.49. The summed E-state index contributed by atoms with van der Waals surface area (Å²) in [5.41, 5.74) is 0. The second-order valence-corrected chi connectivity index (χ2v) is 5.94. The molecule has 0 radical (unpaired) electrons. The molecule has 0 heterocycles. The van der Waals surface area contributed by atoms with Gasteiger partial charge in [0.05, 0.1) is 0 Å². The van der Waals surface area contributed by atoms with Crippen molar-refractivity contribution >= 4 is 5.78 Å². The fourth-order valence-electron chi connectivity index (χ4n) is 2.34. The van der Waals surface area contributed by atoms with Crippen molar-refractivity contribution in [1.82, 2.24) is 0 Å². The highest BCUT2D eigenvalue weighted by molar-refractivity contribution is 5.89. The molecule has 0 N–H and O–H groups in total. The van der Waals surface area contributed by atoms with Gasteiger partial charge in [0, 0.05) is 6.42 Å². The third-order valence-corrected chi connectivity index (χ3v) is 3.74. The summed E-state index contributed by atoms with van der Waals surface area (Å²) >= 11 is 0. The predicted molar refractivity (Wildman–Crippen MR) is 94.7 cm³/mol. The largest absolute Gasteiger partial charge is 0.295 e. The molecule has 0 aromatic rings. The van der Waals surface area contributed by atoms with Crippen molar-refractivity contribution in [3.63, 3.8) is 0 Å². The standard InChI is InChI=1S/C20H36O/c1-3-5-7-9-11-13-15-17-19-20(21)18-16-14-12-10-8-6-4-2/h11,13,17,19H,3-10,12,14-16,18H2,1-2H3/b13-11-,19-17-. The molecular formula is C20H36O. The first kappa shape index (κ1) is 20.1. The van der Waals surface area contributed by atoms with E-state index in [0.717, 1.165) is 19.3 Å². The van der Waals surface area contributed by atoms with Gasteiger partial charge in [0.2, 0.25) is 0 Å². The summed E-state index contributed by atoms with van der Waals surface area (Å²) in [6.45, 7) is 4.47. The van der Waals surface area contributed by atoms with Gasteiger partial charge in [0.15, 0.2) is 5.78 Å². The van der Waals surface area contributed by atoms with Gasteiger partial charge in [0.1, 0.15) is 0 Å². The number of carbonyl (C=O) groups excluding carboxylic acids is 1. The molecule has 0 aromatic carbocycles. The Labute approximate surface area is 132 Å². The van der Waals surface area contributed by atoms with Gasteiger partial charge in [-0.25, -0.2) is 0 Å². The van der Waals surface area contributed by atoms with Gasteiger partial charge < -0.3 is 0 Å². The zero-order chi connectivity index (χ0) is 15.6. The van der Waals surface area contributed by atoms with Crippen molar-refractivity contribution in [1.29, 1.82) is 0 Å². The average molecular weight is 293 g/mol. The van der Waals surface area contributed by atoms with Crippen molar-refractivity contribution in [2.24, 2.45) is 0 Å². The second-order valence-electron chi connectivity index (χ2n) is 5.94. The van der Waals surface area contributed by atoms with Gasteiger partial charge in [-0.1, -0.05) is 83.4 Å². The lowest BCUT2D eigenvalue weighted by molar-refractivity contribution is -0.114. The first-order valence-electron chi connectivity index (χ1n) is 9.15.